The standard InChI is InChI=1S/C13H19N3O/c1-10-11(7-13(8-14)15(10)2)9-16(5-6-17)12-3-4-12/h7,12,17H,3-6,9H2,1-2H3. The molecule has 1 saturated carbocycles. The molecule has 4 heteroatoms. The Morgan fingerprint density at radius 3 is 2.76 bits per heavy atom. The summed E-state index contributed by atoms with van der Waals surface area (Å²) in [6.07, 6.45) is 2.47. The van der Waals surface area contributed by atoms with Crippen molar-refractivity contribution < 1.29 is 5.11 Å². The van der Waals surface area contributed by atoms with E-state index < -0.39 is 0 Å². The molecule has 1 aromatic rings. The molecule has 0 unspecified atom stereocenters. The molecule has 4 nitrogen and oxygen atoms in total. The van der Waals surface area contributed by atoms with E-state index in [1.54, 1.807) is 0 Å². The number of rotatable bonds is 5. The van der Waals surface area contributed by atoms with Crippen LogP contribution in [0.2, 0.25) is 0 Å². The minimum Gasteiger partial charge on any atom is -0.395 e. The zero-order valence-corrected chi connectivity index (χ0v) is 10.5. The first kappa shape index (κ1) is 12.2. The quantitative estimate of drug-likeness (QED) is 0.830. The van der Waals surface area contributed by atoms with E-state index in [0.29, 0.717) is 11.7 Å². The van der Waals surface area contributed by atoms with E-state index in [1.165, 1.54) is 18.4 Å². The Balaban J connectivity index is 2.14. The lowest BCUT2D eigenvalue weighted by molar-refractivity contribution is 0.183. The second kappa shape index (κ2) is 4.91. The zero-order valence-electron chi connectivity index (χ0n) is 10.5. The van der Waals surface area contributed by atoms with Crippen molar-refractivity contribution in [2.75, 3.05) is 13.2 Å². The lowest BCUT2D eigenvalue weighted by Crippen LogP contribution is -2.28. The number of aromatic nitrogens is 1. The molecular weight excluding hydrogens is 214 g/mol. The number of hydrogen-bond donors (Lipinski definition) is 1. The van der Waals surface area contributed by atoms with Gasteiger partial charge < -0.3 is 9.67 Å². The maximum absolute atomic E-state index is 9.07. The first-order valence-electron chi connectivity index (χ1n) is 6.07. The van der Waals surface area contributed by atoms with Crippen molar-refractivity contribution in [3.8, 4) is 6.07 Å². The van der Waals surface area contributed by atoms with Crippen LogP contribution >= 0.6 is 0 Å². The number of aliphatic hydroxyl groups excluding tert-OH is 1. The molecule has 0 saturated heterocycles. The zero-order chi connectivity index (χ0) is 12.4. The van der Waals surface area contributed by atoms with Crippen LogP contribution in [0.25, 0.3) is 0 Å². The summed E-state index contributed by atoms with van der Waals surface area (Å²) in [6.45, 7) is 3.81. The Hall–Kier alpha value is -1.31. The number of hydrogen-bond acceptors (Lipinski definition) is 3. The van der Waals surface area contributed by atoms with Gasteiger partial charge in [0, 0.05) is 31.9 Å². The van der Waals surface area contributed by atoms with Gasteiger partial charge in [-0.1, -0.05) is 0 Å². The van der Waals surface area contributed by atoms with Crippen molar-refractivity contribution >= 4 is 0 Å². The molecule has 1 heterocycles. The van der Waals surface area contributed by atoms with Gasteiger partial charge >= 0.3 is 0 Å². The summed E-state index contributed by atoms with van der Waals surface area (Å²) < 4.78 is 1.93. The first-order chi connectivity index (χ1) is 8.17. The highest BCUT2D eigenvalue weighted by Gasteiger charge is 2.29. The lowest BCUT2D eigenvalue weighted by Gasteiger charge is -2.20. The molecule has 0 radical (unpaired) electrons. The highest BCUT2D eigenvalue weighted by molar-refractivity contribution is 5.34. The molecule has 1 aromatic heterocycles. The molecule has 0 aliphatic heterocycles. The average molecular weight is 233 g/mol. The lowest BCUT2D eigenvalue weighted by atomic mass is 10.2. The molecule has 0 aromatic carbocycles. The number of nitriles is 1. The monoisotopic (exact) mass is 233 g/mol. The van der Waals surface area contributed by atoms with E-state index in [4.69, 9.17) is 10.4 Å². The van der Waals surface area contributed by atoms with E-state index in [9.17, 15) is 0 Å². The van der Waals surface area contributed by atoms with E-state index >= 15 is 0 Å². The van der Waals surface area contributed by atoms with Gasteiger partial charge in [-0.15, -0.1) is 0 Å². The third kappa shape index (κ3) is 2.51. The molecule has 2 rings (SSSR count). The topological polar surface area (TPSA) is 52.2 Å². The largest absolute Gasteiger partial charge is 0.395 e. The van der Waals surface area contributed by atoms with Crippen LogP contribution in [0.1, 0.15) is 29.8 Å². The molecule has 0 bridgehead atoms. The maximum atomic E-state index is 9.07. The van der Waals surface area contributed by atoms with Gasteiger partial charge in [-0.2, -0.15) is 5.26 Å². The molecule has 1 N–H and O–H groups in total. The highest BCUT2D eigenvalue weighted by Crippen LogP contribution is 2.28. The molecule has 0 spiro atoms. The summed E-state index contributed by atoms with van der Waals surface area (Å²) in [5.74, 6) is 0. The second-order valence-electron chi connectivity index (χ2n) is 4.74. The van der Waals surface area contributed by atoms with Crippen LogP contribution in [0.5, 0.6) is 0 Å². The molecule has 0 atom stereocenters. The van der Waals surface area contributed by atoms with E-state index in [1.807, 2.05) is 24.6 Å². The van der Waals surface area contributed by atoms with E-state index in [0.717, 1.165) is 18.8 Å². The average Bonchev–Trinajstić information content (AvgIpc) is 3.12. The third-order valence-electron chi connectivity index (χ3n) is 3.58. The summed E-state index contributed by atoms with van der Waals surface area (Å²) in [7, 11) is 1.92. The van der Waals surface area contributed by atoms with Gasteiger partial charge in [-0.25, -0.2) is 0 Å². The Kier molecular flexibility index (Phi) is 3.51. The fraction of sp³-hybridized carbons (Fsp3) is 0.615. The highest BCUT2D eigenvalue weighted by atomic mass is 16.3. The van der Waals surface area contributed by atoms with Gasteiger partial charge in [0.1, 0.15) is 11.8 Å². The van der Waals surface area contributed by atoms with Crippen molar-refractivity contribution in [1.82, 2.24) is 9.47 Å². The Morgan fingerprint density at radius 2 is 2.29 bits per heavy atom. The fourth-order valence-corrected chi connectivity index (χ4v) is 2.21. The normalized spacial score (nSPS) is 15.2. The third-order valence-corrected chi connectivity index (χ3v) is 3.58. The number of aliphatic hydroxyl groups is 1. The number of nitrogens with zero attached hydrogens (tertiary/aromatic N) is 3. The van der Waals surface area contributed by atoms with Crippen molar-refractivity contribution in [2.24, 2.45) is 7.05 Å². The SMILES string of the molecule is Cc1c(CN(CCO)C2CC2)cc(C#N)n1C. The Morgan fingerprint density at radius 1 is 1.59 bits per heavy atom. The smallest absolute Gasteiger partial charge is 0.120 e. The van der Waals surface area contributed by atoms with Gasteiger partial charge in [-0.05, 0) is 31.4 Å². The first-order valence-corrected chi connectivity index (χ1v) is 6.07. The molecule has 1 fully saturated rings. The van der Waals surface area contributed by atoms with Crippen LogP contribution in [-0.4, -0.2) is 33.8 Å². The van der Waals surface area contributed by atoms with Gasteiger partial charge in [0.25, 0.3) is 0 Å². The van der Waals surface area contributed by atoms with Crippen molar-refractivity contribution in [3.05, 3.63) is 23.0 Å². The van der Waals surface area contributed by atoms with Crippen LogP contribution in [0.3, 0.4) is 0 Å². The molecule has 17 heavy (non-hydrogen) atoms. The second-order valence-corrected chi connectivity index (χ2v) is 4.74. The van der Waals surface area contributed by atoms with Gasteiger partial charge in [0.05, 0.1) is 6.61 Å². The van der Waals surface area contributed by atoms with Crippen molar-refractivity contribution in [1.29, 1.82) is 5.26 Å². The van der Waals surface area contributed by atoms with Crippen molar-refractivity contribution in [2.45, 2.75) is 32.4 Å². The molecule has 92 valence electrons. The minimum atomic E-state index is 0.202. The fourth-order valence-electron chi connectivity index (χ4n) is 2.21. The van der Waals surface area contributed by atoms with E-state index in [-0.39, 0.29) is 6.61 Å². The van der Waals surface area contributed by atoms with Gasteiger partial charge in [-0.3, -0.25) is 4.90 Å². The molecular formula is C13H19N3O. The van der Waals surface area contributed by atoms with Crippen LogP contribution in [0, 0.1) is 18.3 Å². The summed E-state index contributed by atoms with van der Waals surface area (Å²) >= 11 is 0. The van der Waals surface area contributed by atoms with Crippen molar-refractivity contribution in [3.63, 3.8) is 0 Å². The van der Waals surface area contributed by atoms with Crippen LogP contribution < -0.4 is 0 Å². The molecule has 0 amide bonds. The van der Waals surface area contributed by atoms with Gasteiger partial charge in [0.2, 0.25) is 0 Å². The van der Waals surface area contributed by atoms with E-state index in [2.05, 4.69) is 11.0 Å². The molecule has 1 aliphatic carbocycles. The maximum Gasteiger partial charge on any atom is 0.120 e. The summed E-state index contributed by atoms with van der Waals surface area (Å²) in [5.41, 5.74) is 3.05. The summed E-state index contributed by atoms with van der Waals surface area (Å²) in [6, 6.07) is 4.79. The Bertz CT molecular complexity index is 440. The minimum absolute atomic E-state index is 0.202. The van der Waals surface area contributed by atoms with Crippen LogP contribution in [-0.2, 0) is 13.6 Å². The summed E-state index contributed by atoms with van der Waals surface area (Å²) in [5, 5.41) is 18.1. The predicted octanol–water partition coefficient (Wildman–Crippen LogP) is 1.16. The molecule has 1 aliphatic rings. The van der Waals surface area contributed by atoms with Crippen LogP contribution in [0.4, 0.5) is 0 Å². The Labute approximate surface area is 102 Å². The summed E-state index contributed by atoms with van der Waals surface area (Å²) in [4.78, 5) is 2.31. The predicted molar refractivity (Wildman–Crippen MR) is 65.4 cm³/mol. The van der Waals surface area contributed by atoms with Crippen LogP contribution in [0.15, 0.2) is 6.07 Å². The van der Waals surface area contributed by atoms with Gasteiger partial charge in [0.15, 0.2) is 0 Å².